The van der Waals surface area contributed by atoms with Crippen LogP contribution in [0.4, 0.5) is 4.79 Å². The van der Waals surface area contributed by atoms with Gasteiger partial charge in [-0.2, -0.15) is 0 Å². The normalized spacial score (nSPS) is 24.7. The molecule has 3 N–H and O–H groups in total. The molecule has 1 atom stereocenters. The Morgan fingerprint density at radius 3 is 2.84 bits per heavy atom. The van der Waals surface area contributed by atoms with Gasteiger partial charge in [-0.1, -0.05) is 24.3 Å². The van der Waals surface area contributed by atoms with Crippen molar-refractivity contribution in [3.8, 4) is 0 Å². The molecule has 1 spiro atoms. The fourth-order valence-corrected chi connectivity index (χ4v) is 2.89. The molecule has 4 amide bonds. The quantitative estimate of drug-likeness (QED) is 0.724. The van der Waals surface area contributed by atoms with Gasteiger partial charge >= 0.3 is 6.03 Å². The summed E-state index contributed by atoms with van der Waals surface area (Å²) in [6, 6.07) is 6.97. The first kappa shape index (κ1) is 11.7. The number of primary amides is 1. The van der Waals surface area contributed by atoms with E-state index in [1.165, 1.54) is 0 Å². The number of benzene rings is 1. The highest BCUT2D eigenvalue weighted by Crippen LogP contribution is 2.40. The Bertz CT molecular complexity index is 599. The molecule has 0 saturated carbocycles. The number of rotatable bonds is 2. The number of amides is 4. The molecule has 0 unspecified atom stereocenters. The molecule has 0 radical (unpaired) electrons. The van der Waals surface area contributed by atoms with E-state index in [1.807, 2.05) is 24.3 Å². The standard InChI is InChI=1S/C13H13N3O3/c14-10(17)7-16-11(18)13(15-12(16)19)6-5-8-3-1-2-4-9(8)13/h1-4H,5-7H2,(H2,14,17)(H,15,19)/t13-/m0/s1. The van der Waals surface area contributed by atoms with Gasteiger partial charge in [0.25, 0.3) is 5.91 Å². The van der Waals surface area contributed by atoms with E-state index in [9.17, 15) is 14.4 Å². The molecule has 1 aromatic carbocycles. The van der Waals surface area contributed by atoms with Crippen LogP contribution in [-0.4, -0.2) is 29.3 Å². The van der Waals surface area contributed by atoms with E-state index in [0.29, 0.717) is 6.42 Å². The zero-order chi connectivity index (χ0) is 13.6. The van der Waals surface area contributed by atoms with Crippen LogP contribution in [-0.2, 0) is 21.5 Å². The van der Waals surface area contributed by atoms with Crippen molar-refractivity contribution in [3.63, 3.8) is 0 Å². The van der Waals surface area contributed by atoms with Crippen molar-refractivity contribution >= 4 is 17.8 Å². The first-order chi connectivity index (χ1) is 9.04. The summed E-state index contributed by atoms with van der Waals surface area (Å²) in [5.41, 5.74) is 5.93. The Morgan fingerprint density at radius 1 is 1.37 bits per heavy atom. The van der Waals surface area contributed by atoms with Crippen molar-refractivity contribution < 1.29 is 14.4 Å². The Balaban J connectivity index is 2.02. The first-order valence-electron chi connectivity index (χ1n) is 6.05. The van der Waals surface area contributed by atoms with E-state index in [2.05, 4.69) is 5.32 Å². The number of urea groups is 1. The second kappa shape index (κ2) is 3.81. The third kappa shape index (κ3) is 1.53. The summed E-state index contributed by atoms with van der Waals surface area (Å²) in [6.07, 6.45) is 1.25. The van der Waals surface area contributed by atoms with Crippen LogP contribution in [0.15, 0.2) is 24.3 Å². The van der Waals surface area contributed by atoms with Gasteiger partial charge in [0.05, 0.1) is 0 Å². The molecule has 6 nitrogen and oxygen atoms in total. The molecule has 98 valence electrons. The van der Waals surface area contributed by atoms with Crippen molar-refractivity contribution in [2.24, 2.45) is 5.73 Å². The van der Waals surface area contributed by atoms with Crippen molar-refractivity contribution in [2.75, 3.05) is 6.54 Å². The minimum Gasteiger partial charge on any atom is -0.368 e. The van der Waals surface area contributed by atoms with Gasteiger partial charge in [-0.25, -0.2) is 4.79 Å². The second-order valence-electron chi connectivity index (χ2n) is 4.85. The highest BCUT2D eigenvalue weighted by Gasteiger charge is 2.55. The Hall–Kier alpha value is -2.37. The van der Waals surface area contributed by atoms with E-state index < -0.39 is 17.5 Å². The lowest BCUT2D eigenvalue weighted by Crippen LogP contribution is -2.43. The lowest BCUT2D eigenvalue weighted by molar-refractivity contribution is -0.134. The molecule has 19 heavy (non-hydrogen) atoms. The average Bonchev–Trinajstić information content (AvgIpc) is 2.85. The van der Waals surface area contributed by atoms with Crippen LogP contribution in [0.2, 0.25) is 0 Å². The molecule has 0 bridgehead atoms. The van der Waals surface area contributed by atoms with Crippen molar-refractivity contribution in [1.82, 2.24) is 10.2 Å². The molecule has 0 aromatic heterocycles. The number of imide groups is 1. The molecule has 1 heterocycles. The predicted octanol–water partition coefficient (Wildman–Crippen LogP) is -0.135. The molecule has 2 aliphatic rings. The summed E-state index contributed by atoms with van der Waals surface area (Å²) < 4.78 is 0. The van der Waals surface area contributed by atoms with Crippen LogP contribution in [0.25, 0.3) is 0 Å². The summed E-state index contributed by atoms with van der Waals surface area (Å²) in [6.45, 7) is -0.380. The summed E-state index contributed by atoms with van der Waals surface area (Å²) in [5, 5.41) is 2.72. The number of nitrogens with two attached hydrogens (primary N) is 1. The molecular formula is C13H13N3O3. The highest BCUT2D eigenvalue weighted by molar-refractivity contribution is 6.09. The minimum absolute atomic E-state index is 0.380. The number of nitrogens with one attached hydrogen (secondary N) is 1. The largest absolute Gasteiger partial charge is 0.368 e. The summed E-state index contributed by atoms with van der Waals surface area (Å²) in [5.74, 6) is -1.09. The number of carbonyl (C=O) groups is 3. The molecule has 3 rings (SSSR count). The maximum Gasteiger partial charge on any atom is 0.325 e. The number of hydrogen-bond acceptors (Lipinski definition) is 3. The summed E-state index contributed by atoms with van der Waals surface area (Å²) >= 11 is 0. The summed E-state index contributed by atoms with van der Waals surface area (Å²) in [4.78, 5) is 36.2. The molecule has 1 aromatic rings. The first-order valence-corrected chi connectivity index (χ1v) is 6.05. The molecule has 6 heteroatoms. The van der Waals surface area contributed by atoms with E-state index in [-0.39, 0.29) is 12.5 Å². The fourth-order valence-electron chi connectivity index (χ4n) is 2.89. The van der Waals surface area contributed by atoms with Crippen LogP contribution >= 0.6 is 0 Å². The van der Waals surface area contributed by atoms with Gasteiger partial charge in [-0.05, 0) is 24.0 Å². The molecular weight excluding hydrogens is 246 g/mol. The molecule has 1 aliphatic heterocycles. The molecule has 1 fully saturated rings. The van der Waals surface area contributed by atoms with E-state index >= 15 is 0 Å². The van der Waals surface area contributed by atoms with Gasteiger partial charge in [-0.3, -0.25) is 14.5 Å². The third-order valence-corrected chi connectivity index (χ3v) is 3.74. The topological polar surface area (TPSA) is 92.5 Å². The van der Waals surface area contributed by atoms with Gasteiger partial charge in [0.15, 0.2) is 0 Å². The van der Waals surface area contributed by atoms with Gasteiger partial charge in [0.1, 0.15) is 12.1 Å². The second-order valence-corrected chi connectivity index (χ2v) is 4.85. The number of hydrogen-bond donors (Lipinski definition) is 2. The fraction of sp³-hybridized carbons (Fsp3) is 0.308. The van der Waals surface area contributed by atoms with Gasteiger partial charge in [-0.15, -0.1) is 0 Å². The van der Waals surface area contributed by atoms with Crippen LogP contribution in [0, 0.1) is 0 Å². The Morgan fingerprint density at radius 2 is 2.11 bits per heavy atom. The minimum atomic E-state index is -1.01. The number of nitrogens with zero attached hydrogens (tertiary/aromatic N) is 1. The number of carbonyl (C=O) groups excluding carboxylic acids is 3. The van der Waals surface area contributed by atoms with Crippen LogP contribution in [0.3, 0.4) is 0 Å². The average molecular weight is 259 g/mol. The molecule has 1 aliphatic carbocycles. The third-order valence-electron chi connectivity index (χ3n) is 3.74. The maximum atomic E-state index is 12.5. The predicted molar refractivity (Wildman–Crippen MR) is 65.9 cm³/mol. The van der Waals surface area contributed by atoms with Gasteiger partial charge in [0, 0.05) is 0 Å². The van der Waals surface area contributed by atoms with E-state index in [0.717, 1.165) is 22.4 Å². The zero-order valence-electron chi connectivity index (χ0n) is 10.2. The van der Waals surface area contributed by atoms with Gasteiger partial charge < -0.3 is 11.1 Å². The van der Waals surface area contributed by atoms with Crippen molar-refractivity contribution in [1.29, 1.82) is 0 Å². The van der Waals surface area contributed by atoms with E-state index in [1.54, 1.807) is 0 Å². The van der Waals surface area contributed by atoms with Gasteiger partial charge in [0.2, 0.25) is 5.91 Å². The lowest BCUT2D eigenvalue weighted by Gasteiger charge is -2.21. The number of fused-ring (bicyclic) bond motifs is 2. The maximum absolute atomic E-state index is 12.5. The monoisotopic (exact) mass is 259 g/mol. The Kier molecular flexibility index (Phi) is 2.35. The molecule has 1 saturated heterocycles. The SMILES string of the molecule is NC(=O)CN1C(=O)N[C@]2(CCc3ccccc32)C1=O. The van der Waals surface area contributed by atoms with Crippen LogP contribution < -0.4 is 11.1 Å². The van der Waals surface area contributed by atoms with Crippen molar-refractivity contribution in [3.05, 3.63) is 35.4 Å². The van der Waals surface area contributed by atoms with Crippen LogP contribution in [0.5, 0.6) is 0 Å². The summed E-state index contributed by atoms with van der Waals surface area (Å²) in [7, 11) is 0. The van der Waals surface area contributed by atoms with E-state index in [4.69, 9.17) is 5.73 Å². The van der Waals surface area contributed by atoms with Crippen molar-refractivity contribution in [2.45, 2.75) is 18.4 Å². The Labute approximate surface area is 109 Å². The lowest BCUT2D eigenvalue weighted by atomic mass is 9.92. The number of aryl methyl sites for hydroxylation is 1. The smallest absolute Gasteiger partial charge is 0.325 e. The zero-order valence-corrected chi connectivity index (χ0v) is 10.2. The van der Waals surface area contributed by atoms with Crippen LogP contribution in [0.1, 0.15) is 17.5 Å². The highest BCUT2D eigenvalue weighted by atomic mass is 16.2.